The molecule has 172 valence electrons. The summed E-state index contributed by atoms with van der Waals surface area (Å²) in [5.41, 5.74) is 1.75. The van der Waals surface area contributed by atoms with E-state index in [1.165, 1.54) is 6.33 Å². The Morgan fingerprint density at radius 3 is 2.75 bits per heavy atom. The number of hydrogen-bond donors (Lipinski definition) is 1. The second-order valence-corrected chi connectivity index (χ2v) is 8.29. The van der Waals surface area contributed by atoms with Crippen molar-refractivity contribution in [2.45, 2.75) is 26.7 Å². The Balaban J connectivity index is 1.45. The summed E-state index contributed by atoms with van der Waals surface area (Å²) < 4.78 is 22.9. The fourth-order valence-electron chi connectivity index (χ4n) is 3.73. The van der Waals surface area contributed by atoms with Crippen LogP contribution in [0.5, 0.6) is 23.3 Å². The molecule has 1 aromatic carbocycles. The van der Waals surface area contributed by atoms with Crippen LogP contribution in [0.15, 0.2) is 24.5 Å². The summed E-state index contributed by atoms with van der Waals surface area (Å²) in [6.45, 7) is 9.48. The van der Waals surface area contributed by atoms with Gasteiger partial charge >= 0.3 is 0 Å². The molecule has 0 unspecified atom stereocenters. The van der Waals surface area contributed by atoms with Gasteiger partial charge in [-0.25, -0.2) is 9.97 Å². The monoisotopic (exact) mass is 441 g/mol. The van der Waals surface area contributed by atoms with E-state index in [1.807, 2.05) is 18.2 Å². The van der Waals surface area contributed by atoms with E-state index in [1.54, 1.807) is 7.11 Å². The zero-order valence-electron chi connectivity index (χ0n) is 19.0. The molecule has 2 aromatic heterocycles. The number of aromatic amines is 1. The summed E-state index contributed by atoms with van der Waals surface area (Å²) in [6.07, 6.45) is 3.31. The number of benzene rings is 1. The van der Waals surface area contributed by atoms with E-state index in [-0.39, 0.29) is 0 Å². The highest BCUT2D eigenvalue weighted by Crippen LogP contribution is 2.36. The zero-order valence-corrected chi connectivity index (χ0v) is 19.0. The van der Waals surface area contributed by atoms with Crippen LogP contribution in [0.25, 0.3) is 10.9 Å². The molecular weight excluding hydrogens is 410 g/mol. The van der Waals surface area contributed by atoms with E-state index in [0.717, 1.165) is 62.3 Å². The number of hydrogen-bond acceptors (Lipinski definition) is 8. The predicted octanol–water partition coefficient (Wildman–Crippen LogP) is 3.45. The molecule has 9 heteroatoms. The maximum Gasteiger partial charge on any atom is 0.240 e. The van der Waals surface area contributed by atoms with Crippen LogP contribution in [0.1, 0.15) is 26.0 Å². The molecule has 0 saturated carbocycles. The second-order valence-electron chi connectivity index (χ2n) is 8.29. The molecule has 32 heavy (non-hydrogen) atoms. The number of nitrogens with one attached hydrogen (secondary N) is 1. The van der Waals surface area contributed by atoms with E-state index < -0.39 is 0 Å². The molecule has 9 nitrogen and oxygen atoms in total. The van der Waals surface area contributed by atoms with Gasteiger partial charge in [0.05, 0.1) is 37.8 Å². The van der Waals surface area contributed by atoms with Crippen LogP contribution >= 0.6 is 0 Å². The molecule has 1 aliphatic heterocycles. The molecule has 4 rings (SSSR count). The smallest absolute Gasteiger partial charge is 0.240 e. The molecule has 0 bridgehead atoms. The third-order valence-corrected chi connectivity index (χ3v) is 5.30. The summed E-state index contributed by atoms with van der Waals surface area (Å²) in [6, 6.07) is 5.62. The SMILES string of the molecule is COc1cc2c(Oc3cc(CC(C)C)[nH]n3)ncnc2cc1OCCCN1CCOCC1. The Morgan fingerprint density at radius 1 is 1.12 bits per heavy atom. The topological polar surface area (TPSA) is 94.6 Å². The van der Waals surface area contributed by atoms with Crippen molar-refractivity contribution in [2.75, 3.05) is 46.6 Å². The molecule has 1 saturated heterocycles. The van der Waals surface area contributed by atoms with Crippen LogP contribution in [-0.2, 0) is 11.2 Å². The van der Waals surface area contributed by atoms with Gasteiger partial charge < -0.3 is 18.9 Å². The van der Waals surface area contributed by atoms with Gasteiger partial charge in [0.25, 0.3) is 0 Å². The van der Waals surface area contributed by atoms with E-state index in [2.05, 4.69) is 38.9 Å². The Hall–Kier alpha value is -2.91. The van der Waals surface area contributed by atoms with Crippen LogP contribution in [0.2, 0.25) is 0 Å². The number of nitrogens with zero attached hydrogens (tertiary/aromatic N) is 4. The van der Waals surface area contributed by atoms with Crippen molar-refractivity contribution < 1.29 is 18.9 Å². The number of ether oxygens (including phenoxy) is 4. The van der Waals surface area contributed by atoms with Gasteiger partial charge in [0.2, 0.25) is 11.8 Å². The van der Waals surface area contributed by atoms with E-state index in [9.17, 15) is 0 Å². The Bertz CT molecular complexity index is 1020. The van der Waals surface area contributed by atoms with Crippen LogP contribution < -0.4 is 14.2 Å². The van der Waals surface area contributed by atoms with Crippen molar-refractivity contribution >= 4 is 10.9 Å². The van der Waals surface area contributed by atoms with Crippen molar-refractivity contribution in [3.8, 4) is 23.3 Å². The number of aromatic nitrogens is 4. The minimum Gasteiger partial charge on any atom is -0.493 e. The number of fused-ring (bicyclic) bond motifs is 1. The first kappa shape index (κ1) is 22.3. The highest BCUT2D eigenvalue weighted by atomic mass is 16.5. The summed E-state index contributed by atoms with van der Waals surface area (Å²) in [5, 5.41) is 8.00. The Labute approximate surface area is 188 Å². The molecule has 0 spiro atoms. The van der Waals surface area contributed by atoms with Crippen molar-refractivity contribution in [2.24, 2.45) is 5.92 Å². The number of H-pyrrole nitrogens is 1. The lowest BCUT2D eigenvalue weighted by atomic mass is 10.1. The summed E-state index contributed by atoms with van der Waals surface area (Å²) in [7, 11) is 1.62. The van der Waals surface area contributed by atoms with E-state index >= 15 is 0 Å². The third-order valence-electron chi connectivity index (χ3n) is 5.30. The standard InChI is InChI=1S/C23H31N5O4/c1-16(2)11-17-12-22(27-26-17)32-23-18-13-20(29-3)21(14-19(18)24-15-25-23)31-8-4-5-28-6-9-30-10-7-28/h12-16H,4-11H2,1-3H3,(H,26,27). The predicted molar refractivity (Wildman–Crippen MR) is 121 cm³/mol. The average Bonchev–Trinajstić information content (AvgIpc) is 3.23. The quantitative estimate of drug-likeness (QED) is 0.478. The van der Waals surface area contributed by atoms with Gasteiger partial charge in [0.1, 0.15) is 6.33 Å². The van der Waals surface area contributed by atoms with Gasteiger partial charge in [0.15, 0.2) is 11.5 Å². The molecule has 3 aromatic rings. The van der Waals surface area contributed by atoms with Crippen LogP contribution in [0.4, 0.5) is 0 Å². The fraction of sp³-hybridized carbons (Fsp3) is 0.522. The summed E-state index contributed by atoms with van der Waals surface area (Å²) in [5.74, 6) is 2.70. The first-order valence-corrected chi connectivity index (χ1v) is 11.1. The van der Waals surface area contributed by atoms with Crippen molar-refractivity contribution in [3.63, 3.8) is 0 Å². The maximum atomic E-state index is 6.02. The summed E-state index contributed by atoms with van der Waals surface area (Å²) in [4.78, 5) is 11.1. The minimum atomic E-state index is 0.426. The highest BCUT2D eigenvalue weighted by molar-refractivity contribution is 5.86. The van der Waals surface area contributed by atoms with Gasteiger partial charge in [-0.3, -0.25) is 10.00 Å². The number of morpholine rings is 1. The molecule has 0 aliphatic carbocycles. The lowest BCUT2D eigenvalue weighted by molar-refractivity contribution is 0.0357. The van der Waals surface area contributed by atoms with Crippen LogP contribution in [-0.4, -0.2) is 71.6 Å². The fourth-order valence-corrected chi connectivity index (χ4v) is 3.73. The van der Waals surface area contributed by atoms with Crippen LogP contribution in [0.3, 0.4) is 0 Å². The largest absolute Gasteiger partial charge is 0.493 e. The highest BCUT2D eigenvalue weighted by Gasteiger charge is 2.15. The van der Waals surface area contributed by atoms with Gasteiger partial charge in [0, 0.05) is 37.5 Å². The molecule has 1 aliphatic rings. The second kappa shape index (κ2) is 10.6. The van der Waals surface area contributed by atoms with Crippen molar-refractivity contribution in [1.82, 2.24) is 25.1 Å². The molecule has 1 fully saturated rings. The lowest BCUT2D eigenvalue weighted by Gasteiger charge is -2.26. The molecule has 0 amide bonds. The normalized spacial score (nSPS) is 14.8. The van der Waals surface area contributed by atoms with Gasteiger partial charge in [-0.1, -0.05) is 13.8 Å². The first-order valence-electron chi connectivity index (χ1n) is 11.1. The maximum absolute atomic E-state index is 6.02. The Kier molecular flexibility index (Phi) is 7.39. The minimum absolute atomic E-state index is 0.426. The number of methoxy groups -OCH3 is 1. The van der Waals surface area contributed by atoms with Gasteiger partial charge in [-0.2, -0.15) is 0 Å². The molecule has 3 heterocycles. The van der Waals surface area contributed by atoms with E-state index in [0.29, 0.717) is 35.8 Å². The lowest BCUT2D eigenvalue weighted by Crippen LogP contribution is -2.37. The summed E-state index contributed by atoms with van der Waals surface area (Å²) >= 11 is 0. The van der Waals surface area contributed by atoms with Crippen molar-refractivity contribution in [1.29, 1.82) is 0 Å². The molecule has 1 N–H and O–H groups in total. The third kappa shape index (κ3) is 5.66. The molecule has 0 atom stereocenters. The first-order chi connectivity index (χ1) is 15.6. The molecule has 0 radical (unpaired) electrons. The zero-order chi connectivity index (χ0) is 22.3. The van der Waals surface area contributed by atoms with Gasteiger partial charge in [-0.15, -0.1) is 5.10 Å². The van der Waals surface area contributed by atoms with Gasteiger partial charge in [-0.05, 0) is 24.8 Å². The van der Waals surface area contributed by atoms with Crippen LogP contribution in [0, 0.1) is 5.92 Å². The number of rotatable bonds is 10. The van der Waals surface area contributed by atoms with Crippen molar-refractivity contribution in [3.05, 3.63) is 30.2 Å². The Morgan fingerprint density at radius 2 is 1.97 bits per heavy atom. The van der Waals surface area contributed by atoms with E-state index in [4.69, 9.17) is 18.9 Å². The average molecular weight is 442 g/mol. The molecular formula is C23H31N5O4.